The van der Waals surface area contributed by atoms with Crippen LogP contribution in [0.3, 0.4) is 0 Å². The Morgan fingerprint density at radius 3 is 2.00 bits per heavy atom. The van der Waals surface area contributed by atoms with Gasteiger partial charge in [-0.2, -0.15) is 0 Å². The Kier molecular flexibility index (Phi) is 7.89. The maximum Gasteiger partial charge on any atom is 0.481 e. The van der Waals surface area contributed by atoms with Crippen LogP contribution in [0.4, 0.5) is 4.39 Å². The van der Waals surface area contributed by atoms with Gasteiger partial charge in [-0.15, -0.1) is 0 Å². The maximum absolute atomic E-state index is 15.4. The van der Waals surface area contributed by atoms with Crippen molar-refractivity contribution in [2.24, 2.45) is 10.8 Å². The molecule has 0 bridgehead atoms. The van der Waals surface area contributed by atoms with Crippen molar-refractivity contribution in [3.8, 4) is 0 Å². The van der Waals surface area contributed by atoms with Crippen molar-refractivity contribution in [3.63, 3.8) is 0 Å². The largest absolute Gasteiger partial charge is 0.481 e. The van der Waals surface area contributed by atoms with Crippen LogP contribution in [-0.2, 0) is 41.9 Å². The highest BCUT2D eigenvalue weighted by Gasteiger charge is 2.88. The molecule has 2 N–H and O–H groups in total. The number of hydrogen-bond acceptors (Lipinski definition) is 12. The first-order valence-corrected chi connectivity index (χ1v) is 13.0. The number of aliphatic hydroxyl groups is 1. The molecule has 0 spiro atoms. The average molecular weight is 566 g/mol. The van der Waals surface area contributed by atoms with Gasteiger partial charge in [0.15, 0.2) is 18.0 Å². The second kappa shape index (κ2) is 9.96. The van der Waals surface area contributed by atoms with E-state index in [4.69, 9.17) is 27.8 Å². The van der Waals surface area contributed by atoms with Crippen LogP contribution in [-0.4, -0.2) is 63.7 Å². The van der Waals surface area contributed by atoms with E-state index >= 15 is 4.39 Å². The predicted octanol–water partition coefficient (Wildman–Crippen LogP) is 1.53. The van der Waals surface area contributed by atoms with Gasteiger partial charge < -0.3 is 19.3 Å². The first-order valence-electron chi connectivity index (χ1n) is 11.5. The number of carbonyl (C=O) groups is 2. The van der Waals surface area contributed by atoms with E-state index in [0.717, 1.165) is 16.8 Å². The molecule has 1 saturated carbocycles. The van der Waals surface area contributed by atoms with Gasteiger partial charge >= 0.3 is 25.5 Å². The highest BCUT2D eigenvalue weighted by atomic mass is 31.2. The molecular weight excluding hydrogens is 534 g/mol. The number of esters is 2. The second-order valence-electron chi connectivity index (χ2n) is 11.2. The minimum absolute atomic E-state index is 0.710. The van der Waals surface area contributed by atoms with E-state index in [2.05, 4.69) is 0 Å². The maximum atomic E-state index is 15.4. The summed E-state index contributed by atoms with van der Waals surface area (Å²) in [5.74, 6) is -1.42. The lowest BCUT2D eigenvalue weighted by Crippen LogP contribution is -2.40. The number of rotatable bonds is 9. The lowest BCUT2D eigenvalue weighted by Gasteiger charge is -2.25. The topological polar surface area (TPSA) is 182 Å². The minimum atomic E-state index is -4.78. The SMILES string of the molecule is CC(C)(C)C(=O)OCOP(=O)(OCOC(=O)C(C)(C)C)O[C@H]1[C@]2(O)[C@@H](F)[C@H](n3ccc(=O)[nH]c3=O)O[C@]12C. The van der Waals surface area contributed by atoms with Gasteiger partial charge in [0, 0.05) is 12.3 Å². The third kappa shape index (κ3) is 5.63. The van der Waals surface area contributed by atoms with E-state index in [1.807, 2.05) is 4.98 Å². The second-order valence-corrected chi connectivity index (χ2v) is 12.8. The van der Waals surface area contributed by atoms with Gasteiger partial charge in [-0.25, -0.2) is 22.8 Å². The number of ether oxygens (including phenoxy) is 3. The number of carbonyl (C=O) groups excluding carboxylic acids is 2. The Hall–Kier alpha value is -2.42. The third-order valence-electron chi connectivity index (χ3n) is 6.03. The molecule has 5 atom stereocenters. The zero-order valence-corrected chi connectivity index (χ0v) is 22.9. The van der Waals surface area contributed by atoms with Crippen LogP contribution in [0.1, 0.15) is 54.7 Å². The number of phosphoric acid groups is 1. The van der Waals surface area contributed by atoms with Crippen LogP contribution in [0.25, 0.3) is 0 Å². The third-order valence-corrected chi connectivity index (χ3v) is 7.35. The molecule has 0 amide bonds. The van der Waals surface area contributed by atoms with Gasteiger partial charge in [0.05, 0.1) is 10.8 Å². The molecule has 16 heteroatoms. The molecule has 38 heavy (non-hydrogen) atoms. The lowest BCUT2D eigenvalue weighted by atomic mass is 9.98. The van der Waals surface area contributed by atoms with E-state index in [1.165, 1.54) is 6.92 Å². The fraction of sp³-hybridized carbons (Fsp3) is 0.727. The Morgan fingerprint density at radius 2 is 1.61 bits per heavy atom. The molecule has 0 aromatic carbocycles. The van der Waals surface area contributed by atoms with Gasteiger partial charge in [0.2, 0.25) is 13.6 Å². The first kappa shape index (κ1) is 30.1. The molecule has 1 aliphatic carbocycles. The van der Waals surface area contributed by atoms with Crippen LogP contribution in [0.2, 0.25) is 0 Å². The van der Waals surface area contributed by atoms with E-state index in [0.29, 0.717) is 0 Å². The Bertz CT molecular complexity index is 1210. The average Bonchev–Trinajstić information content (AvgIpc) is 3.13. The summed E-state index contributed by atoms with van der Waals surface area (Å²) in [6.07, 6.45) is -4.57. The Balaban J connectivity index is 1.76. The van der Waals surface area contributed by atoms with Crippen molar-refractivity contribution >= 4 is 19.8 Å². The van der Waals surface area contributed by atoms with Crippen LogP contribution in [0, 0.1) is 10.8 Å². The summed E-state index contributed by atoms with van der Waals surface area (Å²) in [4.78, 5) is 49.4. The van der Waals surface area contributed by atoms with Crippen molar-refractivity contribution in [3.05, 3.63) is 33.1 Å². The highest BCUT2D eigenvalue weighted by Crippen LogP contribution is 2.69. The summed E-state index contributed by atoms with van der Waals surface area (Å²) in [5.41, 5.74) is -7.78. The number of aromatic amines is 1. The molecule has 2 aliphatic rings. The van der Waals surface area contributed by atoms with Gasteiger partial charge in [0.25, 0.3) is 5.56 Å². The number of phosphoric ester groups is 1. The molecular formula is C22H32FN2O12P. The molecule has 1 aromatic heterocycles. The molecule has 214 valence electrons. The van der Waals surface area contributed by atoms with Crippen LogP contribution >= 0.6 is 7.82 Å². The molecule has 14 nitrogen and oxygen atoms in total. The number of nitrogens with one attached hydrogen (secondary N) is 1. The van der Waals surface area contributed by atoms with Crippen molar-refractivity contribution in [1.82, 2.24) is 9.55 Å². The Morgan fingerprint density at radius 1 is 1.11 bits per heavy atom. The number of hydrogen-bond donors (Lipinski definition) is 2. The molecule has 1 aliphatic heterocycles. The molecule has 0 unspecified atom stereocenters. The normalized spacial score (nSPS) is 29.0. The van der Waals surface area contributed by atoms with Gasteiger partial charge in [0.1, 0.15) is 11.7 Å². The van der Waals surface area contributed by atoms with E-state index in [1.54, 1.807) is 41.5 Å². The number of H-pyrrole nitrogens is 1. The summed E-state index contributed by atoms with van der Waals surface area (Å²) in [5, 5.41) is 11.0. The van der Waals surface area contributed by atoms with E-state index in [9.17, 15) is 28.8 Å². The standard InChI is InChI=1S/C22H32FN2O12P/c1-19(2,3)16(27)32-10-34-38(31,35-11-33-17(28)20(4,5)6)37-15-21(7)22(15,30)13(23)14(36-21)25-9-8-12(26)24-18(25)29/h8-9,13-15,30H,10-11H2,1-7H3,(H,24,26,29)/t13-,14+,15+,21+,22+/m0/s1. The number of alkyl halides is 1. The number of aromatic nitrogens is 2. The zero-order chi connectivity index (χ0) is 28.9. The predicted molar refractivity (Wildman–Crippen MR) is 125 cm³/mol. The molecule has 1 saturated heterocycles. The minimum Gasteiger partial charge on any atom is -0.437 e. The smallest absolute Gasteiger partial charge is 0.437 e. The van der Waals surface area contributed by atoms with Crippen molar-refractivity contribution in [1.29, 1.82) is 0 Å². The summed E-state index contributed by atoms with van der Waals surface area (Å²) in [6, 6.07) is 0.968. The van der Waals surface area contributed by atoms with E-state index in [-0.39, 0.29) is 0 Å². The fourth-order valence-corrected chi connectivity index (χ4v) is 4.80. The van der Waals surface area contributed by atoms with Gasteiger partial charge in [-0.1, -0.05) is 0 Å². The molecule has 1 aromatic rings. The molecule has 2 heterocycles. The van der Waals surface area contributed by atoms with Gasteiger partial charge in [-0.3, -0.25) is 28.5 Å². The summed E-state index contributed by atoms with van der Waals surface area (Å²) in [6.45, 7) is 8.84. The monoisotopic (exact) mass is 566 g/mol. The molecule has 3 rings (SSSR count). The van der Waals surface area contributed by atoms with Crippen LogP contribution in [0.15, 0.2) is 21.9 Å². The first-order chi connectivity index (χ1) is 17.3. The van der Waals surface area contributed by atoms with E-state index < -0.39 is 85.1 Å². The van der Waals surface area contributed by atoms with Gasteiger partial charge in [-0.05, 0) is 48.5 Å². The fourth-order valence-electron chi connectivity index (χ4n) is 3.62. The molecule has 0 radical (unpaired) electrons. The van der Waals surface area contributed by atoms with Crippen molar-refractivity contribution in [2.45, 2.75) is 78.2 Å². The summed E-state index contributed by atoms with van der Waals surface area (Å²) >= 11 is 0. The number of nitrogens with zero attached hydrogens (tertiary/aromatic N) is 1. The summed E-state index contributed by atoms with van der Waals surface area (Å²) < 4.78 is 60.3. The highest BCUT2D eigenvalue weighted by molar-refractivity contribution is 7.48. The quantitative estimate of drug-likeness (QED) is 0.250. The lowest BCUT2D eigenvalue weighted by molar-refractivity contribution is -0.164. The number of fused-ring (bicyclic) bond motifs is 1. The van der Waals surface area contributed by atoms with Crippen molar-refractivity contribution in [2.75, 3.05) is 13.6 Å². The van der Waals surface area contributed by atoms with Crippen molar-refractivity contribution < 1.29 is 51.4 Å². The Labute approximate surface area is 216 Å². The zero-order valence-electron chi connectivity index (χ0n) is 22.0. The number of halogens is 1. The molecule has 2 fully saturated rings. The van der Waals surface area contributed by atoms with Crippen LogP contribution in [0.5, 0.6) is 0 Å². The summed E-state index contributed by atoms with van der Waals surface area (Å²) in [7, 11) is -4.78. The van der Waals surface area contributed by atoms with Crippen LogP contribution < -0.4 is 11.2 Å².